The number of hydrogen-bond acceptors (Lipinski definition) is 1. The lowest BCUT2D eigenvalue weighted by molar-refractivity contribution is 0.358. The molecule has 3 rings (SSSR count). The molecule has 0 aliphatic carbocycles. The molecule has 1 aliphatic rings. The van der Waals surface area contributed by atoms with Crippen LogP contribution in [-0.4, -0.2) is 6.61 Å². The first-order chi connectivity index (χ1) is 6.95. The van der Waals surface area contributed by atoms with Crippen LogP contribution in [0.15, 0.2) is 36.4 Å². The Morgan fingerprint density at radius 2 is 2.14 bits per heavy atom. The molecule has 1 aliphatic heterocycles. The lowest BCUT2D eigenvalue weighted by Crippen LogP contribution is -2.00. The van der Waals surface area contributed by atoms with Crippen LogP contribution in [0.3, 0.4) is 0 Å². The summed E-state index contributed by atoms with van der Waals surface area (Å²) in [6, 6.07) is 13.4. The Balaban J connectivity index is 2.42. The molecule has 0 amide bonds. The van der Waals surface area contributed by atoms with Crippen LogP contribution in [-0.2, 0) is 0 Å². The van der Waals surface area contributed by atoms with Gasteiger partial charge in [-0.05, 0) is 22.9 Å². The summed E-state index contributed by atoms with van der Waals surface area (Å²) in [5.41, 5.74) is 1.15. The van der Waals surface area contributed by atoms with Crippen molar-refractivity contribution in [3.63, 3.8) is 0 Å². The summed E-state index contributed by atoms with van der Waals surface area (Å²) < 4.78 is 5.49. The zero-order valence-electron chi connectivity index (χ0n) is 7.66. The Labute approximate surface area is 82.6 Å². The fraction of sp³-hybridized carbons (Fsp3) is 0.0769. The van der Waals surface area contributed by atoms with E-state index in [1.807, 2.05) is 24.3 Å². The molecule has 0 unspecified atom stereocenters. The van der Waals surface area contributed by atoms with Crippen LogP contribution in [0, 0.1) is 6.07 Å². The second-order valence-corrected chi connectivity index (χ2v) is 3.33. The molecule has 0 saturated carbocycles. The van der Waals surface area contributed by atoms with Crippen molar-refractivity contribution in [1.29, 1.82) is 0 Å². The summed E-state index contributed by atoms with van der Waals surface area (Å²) in [5, 5.41) is 2.44. The van der Waals surface area contributed by atoms with Crippen LogP contribution >= 0.6 is 0 Å². The lowest BCUT2D eigenvalue weighted by atomic mass is 10.0. The quantitative estimate of drug-likeness (QED) is 0.607. The minimum atomic E-state index is 0.655. The maximum Gasteiger partial charge on any atom is 0.135 e. The topological polar surface area (TPSA) is 9.23 Å². The largest absolute Gasteiger partial charge is 0.488 e. The van der Waals surface area contributed by atoms with Gasteiger partial charge in [0.2, 0.25) is 0 Å². The third-order valence-electron chi connectivity index (χ3n) is 2.46. The van der Waals surface area contributed by atoms with Crippen LogP contribution in [0.5, 0.6) is 5.75 Å². The molecule has 67 valence electrons. The average Bonchev–Trinajstić information content (AvgIpc) is 2.29. The maximum absolute atomic E-state index is 5.49. The van der Waals surface area contributed by atoms with Crippen molar-refractivity contribution in [2.24, 2.45) is 0 Å². The molecule has 0 bridgehead atoms. The van der Waals surface area contributed by atoms with Gasteiger partial charge in [-0.15, -0.1) is 0 Å². The summed E-state index contributed by atoms with van der Waals surface area (Å²) in [6.45, 7) is 0.655. The standard InChI is InChI=1S/C13H9O/c1-2-5-11-10(4-1)7-8-13-12(11)6-3-9-14-13/h1-7H,9H2. The molecule has 0 saturated heterocycles. The van der Waals surface area contributed by atoms with Crippen LogP contribution in [0.1, 0.15) is 5.56 Å². The van der Waals surface area contributed by atoms with Crippen molar-refractivity contribution in [3.8, 4) is 5.75 Å². The molecule has 1 radical (unpaired) electrons. The van der Waals surface area contributed by atoms with E-state index in [1.54, 1.807) is 0 Å². The van der Waals surface area contributed by atoms with Crippen molar-refractivity contribution >= 4 is 16.8 Å². The first-order valence-corrected chi connectivity index (χ1v) is 4.68. The van der Waals surface area contributed by atoms with Gasteiger partial charge in [0.15, 0.2) is 0 Å². The van der Waals surface area contributed by atoms with Crippen LogP contribution in [0.2, 0.25) is 0 Å². The fourth-order valence-corrected chi connectivity index (χ4v) is 1.79. The number of fused-ring (bicyclic) bond motifs is 3. The monoisotopic (exact) mass is 181 g/mol. The molecule has 0 fully saturated rings. The average molecular weight is 181 g/mol. The summed E-state index contributed by atoms with van der Waals surface area (Å²) in [4.78, 5) is 0. The Morgan fingerprint density at radius 3 is 3.14 bits per heavy atom. The second kappa shape index (κ2) is 2.88. The molecule has 14 heavy (non-hydrogen) atoms. The summed E-state index contributed by atoms with van der Waals surface area (Å²) >= 11 is 0. The Hall–Kier alpha value is -1.76. The third kappa shape index (κ3) is 1.02. The predicted molar refractivity (Wildman–Crippen MR) is 57.3 cm³/mol. The molecular formula is C13H9O. The van der Waals surface area contributed by atoms with Gasteiger partial charge >= 0.3 is 0 Å². The predicted octanol–water partition coefficient (Wildman–Crippen LogP) is 3.05. The Bertz CT molecular complexity index is 512. The maximum atomic E-state index is 5.49. The highest BCUT2D eigenvalue weighted by Gasteiger charge is 2.08. The van der Waals surface area contributed by atoms with Crippen LogP contribution in [0.4, 0.5) is 0 Å². The first kappa shape index (κ1) is 7.63. The van der Waals surface area contributed by atoms with Gasteiger partial charge < -0.3 is 4.74 Å². The molecule has 0 spiro atoms. The molecule has 0 N–H and O–H groups in total. The minimum Gasteiger partial charge on any atom is -0.488 e. The molecule has 0 atom stereocenters. The van der Waals surface area contributed by atoms with E-state index in [1.165, 1.54) is 10.8 Å². The number of benzene rings is 2. The van der Waals surface area contributed by atoms with Gasteiger partial charge in [-0.1, -0.05) is 30.3 Å². The molecule has 2 aromatic rings. The molecule has 1 nitrogen and oxygen atoms in total. The van der Waals surface area contributed by atoms with E-state index in [-0.39, 0.29) is 0 Å². The van der Waals surface area contributed by atoms with Crippen molar-refractivity contribution in [3.05, 3.63) is 48.0 Å². The number of hydrogen-bond donors (Lipinski definition) is 0. The second-order valence-electron chi connectivity index (χ2n) is 3.33. The molecule has 1 heterocycles. The Morgan fingerprint density at radius 1 is 1.21 bits per heavy atom. The minimum absolute atomic E-state index is 0.655. The summed E-state index contributed by atoms with van der Waals surface area (Å²) in [7, 11) is 0. The van der Waals surface area contributed by atoms with E-state index in [0.29, 0.717) is 6.61 Å². The van der Waals surface area contributed by atoms with Gasteiger partial charge in [0.05, 0.1) is 0 Å². The molecule has 2 aromatic carbocycles. The van der Waals surface area contributed by atoms with E-state index in [9.17, 15) is 0 Å². The van der Waals surface area contributed by atoms with Crippen molar-refractivity contribution in [2.45, 2.75) is 0 Å². The van der Waals surface area contributed by atoms with Gasteiger partial charge in [0.1, 0.15) is 12.4 Å². The Kier molecular flexibility index (Phi) is 1.57. The van der Waals surface area contributed by atoms with E-state index in [2.05, 4.69) is 24.3 Å². The van der Waals surface area contributed by atoms with Crippen molar-refractivity contribution in [2.75, 3.05) is 6.61 Å². The molecular weight excluding hydrogens is 172 g/mol. The van der Waals surface area contributed by atoms with Crippen LogP contribution < -0.4 is 4.74 Å². The fourth-order valence-electron chi connectivity index (χ4n) is 1.79. The highest BCUT2D eigenvalue weighted by Crippen LogP contribution is 2.30. The number of rotatable bonds is 0. The van der Waals surface area contributed by atoms with Gasteiger partial charge in [-0.3, -0.25) is 0 Å². The lowest BCUT2D eigenvalue weighted by Gasteiger charge is -2.13. The third-order valence-corrected chi connectivity index (χ3v) is 2.46. The zero-order chi connectivity index (χ0) is 9.38. The van der Waals surface area contributed by atoms with Crippen molar-refractivity contribution < 1.29 is 4.74 Å². The van der Waals surface area contributed by atoms with Crippen molar-refractivity contribution in [1.82, 2.24) is 0 Å². The van der Waals surface area contributed by atoms with E-state index in [0.717, 1.165) is 11.3 Å². The first-order valence-electron chi connectivity index (χ1n) is 4.68. The highest BCUT2D eigenvalue weighted by molar-refractivity contribution is 5.93. The SMILES string of the molecule is [c]1cc2ccccc2c2c1OCC=C2. The smallest absolute Gasteiger partial charge is 0.135 e. The van der Waals surface area contributed by atoms with E-state index < -0.39 is 0 Å². The molecule has 1 heteroatoms. The summed E-state index contributed by atoms with van der Waals surface area (Å²) in [5.74, 6) is 0.867. The molecule has 0 aromatic heterocycles. The highest BCUT2D eigenvalue weighted by atomic mass is 16.5. The normalized spacial score (nSPS) is 13.7. The van der Waals surface area contributed by atoms with Gasteiger partial charge in [0.25, 0.3) is 0 Å². The van der Waals surface area contributed by atoms with E-state index >= 15 is 0 Å². The summed E-state index contributed by atoms with van der Waals surface area (Å²) in [6.07, 6.45) is 4.14. The zero-order valence-corrected chi connectivity index (χ0v) is 7.66. The van der Waals surface area contributed by atoms with Gasteiger partial charge in [-0.25, -0.2) is 0 Å². The van der Waals surface area contributed by atoms with Crippen LogP contribution in [0.25, 0.3) is 16.8 Å². The number of ether oxygens (including phenoxy) is 1. The van der Waals surface area contributed by atoms with Gasteiger partial charge in [-0.2, -0.15) is 0 Å². The van der Waals surface area contributed by atoms with E-state index in [4.69, 9.17) is 4.74 Å². The van der Waals surface area contributed by atoms with Gasteiger partial charge in [0, 0.05) is 11.6 Å².